The van der Waals surface area contributed by atoms with Crippen LogP contribution in [0.1, 0.15) is 26.2 Å². The molecule has 1 heterocycles. The minimum absolute atomic E-state index is 0.118. The van der Waals surface area contributed by atoms with Crippen LogP contribution < -0.4 is 0 Å². The Morgan fingerprint density at radius 3 is 3.00 bits per heavy atom. The Balaban J connectivity index is 2.45. The number of amides is 1. The third-order valence-corrected chi connectivity index (χ3v) is 2.74. The van der Waals surface area contributed by atoms with E-state index in [1.54, 1.807) is 4.90 Å². The number of hydrogen-bond donors (Lipinski definition) is 1. The lowest BCUT2D eigenvalue weighted by Gasteiger charge is -2.26. The van der Waals surface area contributed by atoms with Crippen molar-refractivity contribution in [2.24, 2.45) is 0 Å². The van der Waals surface area contributed by atoms with Crippen LogP contribution in [0.2, 0.25) is 0 Å². The number of thioether (sulfide) groups is 1. The first-order chi connectivity index (χ1) is 5.75. The van der Waals surface area contributed by atoms with Crippen LogP contribution in [0.25, 0.3) is 0 Å². The fourth-order valence-electron chi connectivity index (χ4n) is 1.10. The number of unbranched alkanes of at least 4 members (excludes halogenated alkanes) is 1. The average Bonchev–Trinajstić information content (AvgIpc) is 2.04. The Morgan fingerprint density at radius 1 is 1.67 bits per heavy atom. The van der Waals surface area contributed by atoms with Gasteiger partial charge in [-0.3, -0.25) is 15.1 Å². The maximum atomic E-state index is 11.3. The summed E-state index contributed by atoms with van der Waals surface area (Å²) >= 11 is 1.47. The predicted octanol–water partition coefficient (Wildman–Crippen LogP) is 1.69. The number of nitrogens with zero attached hydrogens (tertiary/aromatic N) is 1. The molecule has 12 heavy (non-hydrogen) atoms. The monoisotopic (exact) mass is 186 g/mol. The van der Waals surface area contributed by atoms with E-state index in [2.05, 4.69) is 6.92 Å². The molecule has 1 rings (SSSR count). The van der Waals surface area contributed by atoms with Crippen LogP contribution in [0.15, 0.2) is 0 Å². The van der Waals surface area contributed by atoms with E-state index in [0.717, 1.165) is 25.1 Å². The van der Waals surface area contributed by atoms with Gasteiger partial charge in [0.2, 0.25) is 5.91 Å². The highest BCUT2D eigenvalue weighted by Gasteiger charge is 2.22. The summed E-state index contributed by atoms with van der Waals surface area (Å²) in [6.45, 7) is 2.81. The molecular weight excluding hydrogens is 172 g/mol. The molecule has 0 unspecified atom stereocenters. The van der Waals surface area contributed by atoms with Gasteiger partial charge in [-0.05, 0) is 6.42 Å². The van der Waals surface area contributed by atoms with Crippen molar-refractivity contribution < 1.29 is 4.79 Å². The molecular formula is C8H14N2OS. The van der Waals surface area contributed by atoms with Crippen LogP contribution in [-0.2, 0) is 4.79 Å². The van der Waals surface area contributed by atoms with Crippen molar-refractivity contribution in [3.63, 3.8) is 0 Å². The Hall–Kier alpha value is -0.510. The minimum atomic E-state index is 0.118. The van der Waals surface area contributed by atoms with Gasteiger partial charge in [-0.25, -0.2) is 0 Å². The molecule has 4 heteroatoms. The molecule has 1 aliphatic rings. The number of amidine groups is 1. The van der Waals surface area contributed by atoms with E-state index in [0.29, 0.717) is 11.6 Å². The van der Waals surface area contributed by atoms with Crippen LogP contribution in [0.5, 0.6) is 0 Å². The molecule has 0 spiro atoms. The van der Waals surface area contributed by atoms with Gasteiger partial charge in [0.05, 0.1) is 0 Å². The molecule has 1 saturated heterocycles. The highest BCUT2D eigenvalue weighted by molar-refractivity contribution is 8.13. The molecule has 1 fully saturated rings. The Kier molecular flexibility index (Phi) is 3.59. The van der Waals surface area contributed by atoms with Gasteiger partial charge in [-0.15, -0.1) is 0 Å². The van der Waals surface area contributed by atoms with Crippen LogP contribution in [0, 0.1) is 5.41 Å². The summed E-state index contributed by atoms with van der Waals surface area (Å²) in [5.74, 6) is 0.896. The van der Waals surface area contributed by atoms with Crippen LogP contribution in [-0.4, -0.2) is 28.3 Å². The third-order valence-electron chi connectivity index (χ3n) is 1.84. The van der Waals surface area contributed by atoms with Crippen LogP contribution in [0.4, 0.5) is 0 Å². The zero-order valence-corrected chi connectivity index (χ0v) is 8.12. The molecule has 0 saturated carbocycles. The van der Waals surface area contributed by atoms with Crippen molar-refractivity contribution in [2.45, 2.75) is 26.2 Å². The zero-order chi connectivity index (χ0) is 8.97. The highest BCUT2D eigenvalue weighted by atomic mass is 32.2. The quantitative estimate of drug-likeness (QED) is 0.729. The summed E-state index contributed by atoms with van der Waals surface area (Å²) < 4.78 is 0. The van der Waals surface area contributed by atoms with Gasteiger partial charge in [0.1, 0.15) is 0 Å². The Labute approximate surface area is 77.0 Å². The maximum absolute atomic E-state index is 11.3. The van der Waals surface area contributed by atoms with E-state index in [1.165, 1.54) is 11.8 Å². The molecule has 0 aromatic heterocycles. The fourth-order valence-corrected chi connectivity index (χ4v) is 1.92. The number of nitrogens with one attached hydrogen (secondary N) is 1. The summed E-state index contributed by atoms with van der Waals surface area (Å²) in [6.07, 6.45) is 2.66. The van der Waals surface area contributed by atoms with Gasteiger partial charge >= 0.3 is 0 Å². The molecule has 0 bridgehead atoms. The smallest absolute Gasteiger partial charge is 0.229 e. The molecule has 1 aliphatic heterocycles. The molecule has 3 nitrogen and oxygen atoms in total. The van der Waals surface area contributed by atoms with Crippen molar-refractivity contribution >= 4 is 22.8 Å². The molecule has 68 valence electrons. The first-order valence-electron chi connectivity index (χ1n) is 4.27. The van der Waals surface area contributed by atoms with Crippen molar-refractivity contribution in [1.29, 1.82) is 5.41 Å². The topological polar surface area (TPSA) is 44.2 Å². The highest BCUT2D eigenvalue weighted by Crippen LogP contribution is 2.17. The number of carbonyl (C=O) groups excluding carboxylic acids is 1. The van der Waals surface area contributed by atoms with E-state index in [1.807, 2.05) is 0 Å². The maximum Gasteiger partial charge on any atom is 0.229 e. The number of rotatable bonds is 3. The van der Waals surface area contributed by atoms with E-state index in [4.69, 9.17) is 5.41 Å². The van der Waals surface area contributed by atoms with E-state index in [-0.39, 0.29) is 5.91 Å². The summed E-state index contributed by atoms with van der Waals surface area (Å²) in [5.41, 5.74) is 0. The van der Waals surface area contributed by atoms with E-state index < -0.39 is 0 Å². The van der Waals surface area contributed by atoms with E-state index >= 15 is 0 Å². The second-order valence-electron chi connectivity index (χ2n) is 2.80. The van der Waals surface area contributed by atoms with Crippen molar-refractivity contribution in [1.82, 2.24) is 4.90 Å². The SMILES string of the molecule is CCCCN1C(=N)SCCC1=O. The van der Waals surface area contributed by atoms with Gasteiger partial charge < -0.3 is 0 Å². The van der Waals surface area contributed by atoms with Crippen molar-refractivity contribution in [3.8, 4) is 0 Å². The van der Waals surface area contributed by atoms with Gasteiger partial charge in [0, 0.05) is 18.7 Å². The molecule has 0 aliphatic carbocycles. The number of carbonyl (C=O) groups is 1. The number of hydrogen-bond acceptors (Lipinski definition) is 3. The molecule has 1 amide bonds. The third kappa shape index (κ3) is 2.24. The largest absolute Gasteiger partial charge is 0.292 e. The molecule has 0 radical (unpaired) electrons. The average molecular weight is 186 g/mol. The second-order valence-corrected chi connectivity index (χ2v) is 3.89. The minimum Gasteiger partial charge on any atom is -0.292 e. The summed E-state index contributed by atoms with van der Waals surface area (Å²) in [6, 6.07) is 0. The molecule has 1 N–H and O–H groups in total. The molecule has 0 atom stereocenters. The van der Waals surface area contributed by atoms with E-state index in [9.17, 15) is 4.79 Å². The second kappa shape index (κ2) is 4.50. The zero-order valence-electron chi connectivity index (χ0n) is 7.30. The van der Waals surface area contributed by atoms with Gasteiger partial charge in [0.25, 0.3) is 0 Å². The lowest BCUT2D eigenvalue weighted by Crippen LogP contribution is -2.39. The normalized spacial score (nSPS) is 18.6. The Bertz CT molecular complexity index is 177. The van der Waals surface area contributed by atoms with Crippen LogP contribution >= 0.6 is 11.8 Å². The van der Waals surface area contributed by atoms with Gasteiger partial charge in [0.15, 0.2) is 5.17 Å². The first kappa shape index (κ1) is 9.58. The Morgan fingerprint density at radius 2 is 2.42 bits per heavy atom. The molecule has 0 aromatic carbocycles. The summed E-state index contributed by atoms with van der Waals surface area (Å²) in [5, 5.41) is 7.95. The van der Waals surface area contributed by atoms with Crippen molar-refractivity contribution in [2.75, 3.05) is 12.3 Å². The standard InChI is InChI=1S/C8H14N2OS/c1-2-3-5-10-7(11)4-6-12-8(10)9/h9H,2-6H2,1H3. The van der Waals surface area contributed by atoms with Crippen molar-refractivity contribution in [3.05, 3.63) is 0 Å². The van der Waals surface area contributed by atoms with Gasteiger partial charge in [-0.2, -0.15) is 0 Å². The summed E-state index contributed by atoms with van der Waals surface area (Å²) in [7, 11) is 0. The lowest BCUT2D eigenvalue weighted by molar-refractivity contribution is -0.127. The molecule has 0 aromatic rings. The predicted molar refractivity (Wildman–Crippen MR) is 51.4 cm³/mol. The van der Waals surface area contributed by atoms with Gasteiger partial charge in [-0.1, -0.05) is 25.1 Å². The fraction of sp³-hybridized carbons (Fsp3) is 0.750. The first-order valence-corrected chi connectivity index (χ1v) is 5.26. The summed E-state index contributed by atoms with van der Waals surface area (Å²) in [4.78, 5) is 12.9. The van der Waals surface area contributed by atoms with Crippen LogP contribution in [0.3, 0.4) is 0 Å². The lowest BCUT2D eigenvalue weighted by atomic mass is 10.3.